The third kappa shape index (κ3) is 9.70. The topological polar surface area (TPSA) is 233 Å². The Morgan fingerprint density at radius 2 is 1.72 bits per heavy atom. The van der Waals surface area contributed by atoms with Crippen LogP contribution in [-0.4, -0.2) is 119 Å². The number of rotatable bonds is 14. The van der Waals surface area contributed by atoms with Gasteiger partial charge in [0.25, 0.3) is 11.8 Å². The number of nitrogens with one attached hydrogen (secondary N) is 4. The van der Waals surface area contributed by atoms with E-state index in [9.17, 15) is 39.0 Å². The van der Waals surface area contributed by atoms with Crippen LogP contribution in [0.3, 0.4) is 0 Å². The van der Waals surface area contributed by atoms with Crippen molar-refractivity contribution in [3.05, 3.63) is 35.9 Å². The zero-order valence-electron chi connectivity index (χ0n) is 27.2. The van der Waals surface area contributed by atoms with Crippen LogP contribution in [0, 0.1) is 11.8 Å². The number of carbonyl (C=O) groups is 6. The lowest BCUT2D eigenvalue weighted by molar-refractivity contribution is -0.153. The van der Waals surface area contributed by atoms with Crippen molar-refractivity contribution in [2.45, 2.75) is 82.8 Å². The molecule has 7 amide bonds. The Labute approximate surface area is 273 Å². The number of hydrazine groups is 1. The van der Waals surface area contributed by atoms with Gasteiger partial charge in [-0.1, -0.05) is 51.1 Å². The van der Waals surface area contributed by atoms with Crippen molar-refractivity contribution >= 4 is 35.6 Å². The number of hydrogen-bond acceptors (Lipinski definition) is 10. The van der Waals surface area contributed by atoms with Gasteiger partial charge in [-0.3, -0.25) is 33.9 Å². The normalized spacial score (nSPS) is 21.4. The number of primary amides is 1. The lowest BCUT2D eigenvalue weighted by Crippen LogP contribution is -2.66. The smallest absolute Gasteiger partial charge is 0.321 e. The van der Waals surface area contributed by atoms with Crippen LogP contribution in [0.15, 0.2) is 30.3 Å². The molecule has 1 aromatic carbocycles. The van der Waals surface area contributed by atoms with Gasteiger partial charge >= 0.3 is 6.03 Å². The first-order valence-corrected chi connectivity index (χ1v) is 15.7. The number of aliphatic hydroxyl groups is 2. The second-order valence-electron chi connectivity index (χ2n) is 12.2. The van der Waals surface area contributed by atoms with Crippen molar-refractivity contribution in [3.63, 3.8) is 0 Å². The number of amides is 7. The minimum Gasteiger partial charge on any atom is -0.390 e. The van der Waals surface area contributed by atoms with Gasteiger partial charge in [0.2, 0.25) is 17.7 Å². The fraction of sp³-hybridized carbons (Fsp3) is 0.613. The number of nitrogens with two attached hydrogens (primary N) is 1. The quantitative estimate of drug-likeness (QED) is 0.118. The summed E-state index contributed by atoms with van der Waals surface area (Å²) in [6.45, 7) is 4.89. The van der Waals surface area contributed by atoms with Crippen LogP contribution in [-0.2, 0) is 35.1 Å². The SMILES string of the molecule is COCC(=O)N[C@@H](C(=O)N1NCCC[C@H]1C(=O)N[C@@H](Cc1ccccc1)[C@@H](O)[C@H](C)C(=O)N[C@@H]1CCN(C(N)=O)C1=O)[C@H](O)C(C)C. The van der Waals surface area contributed by atoms with Gasteiger partial charge in [0, 0.05) is 20.2 Å². The van der Waals surface area contributed by atoms with Crippen molar-refractivity contribution in [2.24, 2.45) is 17.6 Å². The second kappa shape index (κ2) is 17.2. The molecule has 7 atom stereocenters. The average Bonchev–Trinajstić information content (AvgIpc) is 3.41. The molecule has 2 saturated heterocycles. The lowest BCUT2D eigenvalue weighted by Gasteiger charge is -2.39. The maximum Gasteiger partial charge on any atom is 0.321 e. The molecule has 0 radical (unpaired) electrons. The highest BCUT2D eigenvalue weighted by atomic mass is 16.5. The Bertz CT molecular complexity index is 1280. The summed E-state index contributed by atoms with van der Waals surface area (Å²) >= 11 is 0. The summed E-state index contributed by atoms with van der Waals surface area (Å²) in [4.78, 5) is 78.0. The summed E-state index contributed by atoms with van der Waals surface area (Å²) in [7, 11) is 1.32. The molecule has 260 valence electrons. The van der Waals surface area contributed by atoms with Crippen LogP contribution >= 0.6 is 0 Å². The summed E-state index contributed by atoms with van der Waals surface area (Å²) in [5.74, 6) is -4.80. The fourth-order valence-electron chi connectivity index (χ4n) is 5.63. The monoisotopic (exact) mass is 661 g/mol. The van der Waals surface area contributed by atoms with Crippen molar-refractivity contribution in [3.8, 4) is 0 Å². The molecule has 16 heteroatoms. The zero-order valence-corrected chi connectivity index (χ0v) is 27.2. The molecule has 2 heterocycles. The zero-order chi connectivity index (χ0) is 34.8. The van der Waals surface area contributed by atoms with Crippen LogP contribution in [0.25, 0.3) is 0 Å². The Morgan fingerprint density at radius 1 is 1.04 bits per heavy atom. The molecular weight excluding hydrogens is 614 g/mol. The highest BCUT2D eigenvalue weighted by Crippen LogP contribution is 2.19. The first-order valence-electron chi connectivity index (χ1n) is 15.7. The van der Waals surface area contributed by atoms with E-state index in [1.54, 1.807) is 38.1 Å². The standard InChI is InChI=1S/C31H47N7O9/c1-17(2)25(40)24(36-23(39)16-47-4)30(45)38-22(11-8-13-33-38)28(43)35-21(15-19-9-6-5-7-10-19)26(41)18(3)27(42)34-20-12-14-37(29(20)44)31(32)46/h5-7,9-10,17-18,20-22,24-26,33,40-41H,8,11-16H2,1-4H3,(H2,32,46)(H,34,42)(H,35,43)(H,36,39)/t18-,20+,21-,22-,24+,25+,26-/m0/s1. The molecule has 0 saturated carbocycles. The van der Waals surface area contributed by atoms with Crippen LogP contribution < -0.4 is 27.1 Å². The second-order valence-corrected chi connectivity index (χ2v) is 12.2. The number of ether oxygens (including phenoxy) is 1. The van der Waals surface area contributed by atoms with Gasteiger partial charge < -0.3 is 36.6 Å². The number of carbonyl (C=O) groups excluding carboxylic acids is 6. The Morgan fingerprint density at radius 3 is 2.32 bits per heavy atom. The molecule has 3 rings (SSSR count). The van der Waals surface area contributed by atoms with E-state index in [0.717, 1.165) is 15.5 Å². The minimum absolute atomic E-state index is 0.0541. The van der Waals surface area contributed by atoms with Gasteiger partial charge in [-0.15, -0.1) is 0 Å². The number of aliphatic hydroxyl groups excluding tert-OH is 2. The summed E-state index contributed by atoms with van der Waals surface area (Å²) in [6, 6.07) is 3.60. The van der Waals surface area contributed by atoms with E-state index >= 15 is 0 Å². The van der Waals surface area contributed by atoms with Gasteiger partial charge in [0.05, 0.1) is 24.2 Å². The molecule has 8 N–H and O–H groups in total. The molecule has 1 aromatic rings. The van der Waals surface area contributed by atoms with Crippen molar-refractivity contribution < 1.29 is 43.7 Å². The molecule has 2 fully saturated rings. The number of urea groups is 1. The maximum absolute atomic E-state index is 13.9. The predicted octanol–water partition coefficient (Wildman–Crippen LogP) is -1.85. The van der Waals surface area contributed by atoms with Gasteiger partial charge in [-0.25, -0.2) is 10.2 Å². The van der Waals surface area contributed by atoms with Crippen LogP contribution in [0.2, 0.25) is 0 Å². The van der Waals surface area contributed by atoms with E-state index in [2.05, 4.69) is 21.4 Å². The van der Waals surface area contributed by atoms with E-state index in [1.165, 1.54) is 14.0 Å². The number of imide groups is 1. The van der Waals surface area contributed by atoms with Crippen molar-refractivity contribution in [2.75, 3.05) is 26.8 Å². The van der Waals surface area contributed by atoms with Crippen LogP contribution in [0.5, 0.6) is 0 Å². The number of methoxy groups -OCH3 is 1. The summed E-state index contributed by atoms with van der Waals surface area (Å²) in [6.07, 6.45) is -1.66. The van der Waals surface area contributed by atoms with Gasteiger partial charge in [0.15, 0.2) is 0 Å². The van der Waals surface area contributed by atoms with E-state index in [4.69, 9.17) is 10.5 Å². The Hall–Kier alpha value is -4.12. The lowest BCUT2D eigenvalue weighted by atomic mass is 9.91. The summed E-state index contributed by atoms with van der Waals surface area (Å²) in [5.41, 5.74) is 8.89. The largest absolute Gasteiger partial charge is 0.390 e. The molecule has 2 aliphatic heterocycles. The molecule has 0 aromatic heterocycles. The average molecular weight is 662 g/mol. The minimum atomic E-state index is -1.44. The number of benzene rings is 1. The van der Waals surface area contributed by atoms with E-state index in [-0.39, 0.29) is 32.4 Å². The predicted molar refractivity (Wildman–Crippen MR) is 168 cm³/mol. The highest BCUT2D eigenvalue weighted by molar-refractivity contribution is 6.00. The van der Waals surface area contributed by atoms with Gasteiger partial charge in [-0.05, 0) is 37.2 Å². The molecule has 0 spiro atoms. The Balaban J connectivity index is 1.81. The van der Waals surface area contributed by atoms with Crippen molar-refractivity contribution in [1.82, 2.24) is 31.3 Å². The number of hydrogen-bond donors (Lipinski definition) is 7. The first kappa shape index (κ1) is 37.3. The van der Waals surface area contributed by atoms with Crippen LogP contribution in [0.1, 0.15) is 45.6 Å². The van der Waals surface area contributed by atoms with E-state index < -0.39 is 83.8 Å². The fourth-order valence-corrected chi connectivity index (χ4v) is 5.63. The molecule has 0 bridgehead atoms. The molecule has 0 unspecified atom stereocenters. The van der Waals surface area contributed by atoms with Gasteiger partial charge in [-0.2, -0.15) is 0 Å². The van der Waals surface area contributed by atoms with E-state index in [0.29, 0.717) is 13.0 Å². The Kier molecular flexibility index (Phi) is 13.6. The van der Waals surface area contributed by atoms with Crippen LogP contribution in [0.4, 0.5) is 4.79 Å². The number of nitrogens with zero attached hydrogens (tertiary/aromatic N) is 2. The maximum atomic E-state index is 13.9. The molecule has 0 aliphatic carbocycles. The molecule has 2 aliphatic rings. The summed E-state index contributed by atoms with van der Waals surface area (Å²) in [5, 5.41) is 31.3. The van der Waals surface area contributed by atoms with Crippen molar-refractivity contribution in [1.29, 1.82) is 0 Å². The third-order valence-corrected chi connectivity index (χ3v) is 8.42. The molecule has 16 nitrogen and oxygen atoms in total. The third-order valence-electron chi connectivity index (χ3n) is 8.42. The molecule has 47 heavy (non-hydrogen) atoms. The number of likely N-dealkylation sites (tertiary alicyclic amines) is 1. The summed E-state index contributed by atoms with van der Waals surface area (Å²) < 4.78 is 4.85. The van der Waals surface area contributed by atoms with E-state index in [1.807, 2.05) is 6.07 Å². The highest BCUT2D eigenvalue weighted by Gasteiger charge is 2.42. The van der Waals surface area contributed by atoms with Gasteiger partial charge in [0.1, 0.15) is 24.7 Å². The molecular formula is C31H47N7O9. The first-order chi connectivity index (χ1) is 22.3.